The minimum Gasteiger partial charge on any atom is -0.454 e. The zero-order chi connectivity index (χ0) is 16.5. The summed E-state index contributed by atoms with van der Waals surface area (Å²) in [7, 11) is 0. The van der Waals surface area contributed by atoms with Crippen LogP contribution in [0, 0.1) is 5.82 Å². The molecule has 2 heterocycles. The molecular formula is C18H17FN2O3. The second kappa shape index (κ2) is 6.03. The fourth-order valence-electron chi connectivity index (χ4n) is 3.07. The molecule has 0 bridgehead atoms. The van der Waals surface area contributed by atoms with Gasteiger partial charge in [0.25, 0.3) is 5.91 Å². The Morgan fingerprint density at radius 1 is 1.04 bits per heavy atom. The van der Waals surface area contributed by atoms with Crippen LogP contribution >= 0.6 is 0 Å². The minimum atomic E-state index is -0.376. The number of anilines is 2. The average molecular weight is 328 g/mol. The monoisotopic (exact) mass is 328 g/mol. The van der Waals surface area contributed by atoms with Gasteiger partial charge in [-0.15, -0.1) is 0 Å². The van der Waals surface area contributed by atoms with E-state index in [0.717, 1.165) is 31.6 Å². The Hall–Kier alpha value is -2.76. The summed E-state index contributed by atoms with van der Waals surface area (Å²) in [6, 6.07) is 9.49. The van der Waals surface area contributed by atoms with Gasteiger partial charge in [-0.2, -0.15) is 0 Å². The van der Waals surface area contributed by atoms with Gasteiger partial charge in [0.15, 0.2) is 11.5 Å². The smallest absolute Gasteiger partial charge is 0.255 e. The van der Waals surface area contributed by atoms with Crippen LogP contribution in [0.1, 0.15) is 23.2 Å². The second-order valence-electron chi connectivity index (χ2n) is 5.88. The summed E-state index contributed by atoms with van der Waals surface area (Å²) in [5.74, 6) is 0.481. The highest BCUT2D eigenvalue weighted by Crippen LogP contribution is 2.34. The molecule has 0 radical (unpaired) electrons. The Balaban J connectivity index is 1.60. The van der Waals surface area contributed by atoms with Crippen LogP contribution < -0.4 is 19.7 Å². The lowest BCUT2D eigenvalue weighted by atomic mass is 10.1. The highest BCUT2D eigenvalue weighted by Gasteiger charge is 2.20. The van der Waals surface area contributed by atoms with Crippen molar-refractivity contribution < 1.29 is 18.7 Å². The number of nitrogens with one attached hydrogen (secondary N) is 1. The van der Waals surface area contributed by atoms with Gasteiger partial charge in [-0.1, -0.05) is 0 Å². The van der Waals surface area contributed by atoms with Gasteiger partial charge in [0, 0.05) is 18.7 Å². The predicted molar refractivity (Wildman–Crippen MR) is 88.4 cm³/mol. The predicted octanol–water partition coefficient (Wildman–Crippen LogP) is 3.41. The van der Waals surface area contributed by atoms with E-state index in [9.17, 15) is 9.18 Å². The molecule has 1 N–H and O–H groups in total. The van der Waals surface area contributed by atoms with E-state index in [0.29, 0.717) is 22.7 Å². The second-order valence-corrected chi connectivity index (χ2v) is 5.88. The van der Waals surface area contributed by atoms with Crippen molar-refractivity contribution in [2.45, 2.75) is 12.8 Å². The molecule has 0 spiro atoms. The van der Waals surface area contributed by atoms with Gasteiger partial charge >= 0.3 is 0 Å². The molecule has 24 heavy (non-hydrogen) atoms. The van der Waals surface area contributed by atoms with Crippen molar-refractivity contribution in [2.24, 2.45) is 0 Å². The van der Waals surface area contributed by atoms with Crippen LogP contribution in [0.3, 0.4) is 0 Å². The van der Waals surface area contributed by atoms with E-state index < -0.39 is 0 Å². The van der Waals surface area contributed by atoms with Crippen LogP contribution in [-0.2, 0) is 0 Å². The molecule has 1 amide bonds. The third kappa shape index (κ3) is 2.75. The van der Waals surface area contributed by atoms with Crippen LogP contribution in [0.5, 0.6) is 11.5 Å². The van der Waals surface area contributed by atoms with Gasteiger partial charge in [0.05, 0.1) is 11.4 Å². The van der Waals surface area contributed by atoms with E-state index in [1.165, 1.54) is 12.1 Å². The maximum absolute atomic E-state index is 13.7. The maximum atomic E-state index is 13.7. The number of carbonyl (C=O) groups excluding carboxylic acids is 1. The first-order valence-electron chi connectivity index (χ1n) is 7.96. The van der Waals surface area contributed by atoms with Gasteiger partial charge in [-0.3, -0.25) is 4.79 Å². The summed E-state index contributed by atoms with van der Waals surface area (Å²) in [6.45, 7) is 1.99. The van der Waals surface area contributed by atoms with E-state index in [2.05, 4.69) is 10.2 Å². The summed E-state index contributed by atoms with van der Waals surface area (Å²) in [4.78, 5) is 14.7. The zero-order valence-electron chi connectivity index (χ0n) is 13.0. The van der Waals surface area contributed by atoms with Crippen LogP contribution in [0.25, 0.3) is 0 Å². The first kappa shape index (κ1) is 14.8. The van der Waals surface area contributed by atoms with Crippen LogP contribution in [-0.4, -0.2) is 25.8 Å². The molecule has 0 atom stereocenters. The molecule has 2 aliphatic rings. The van der Waals surface area contributed by atoms with Gasteiger partial charge < -0.3 is 19.7 Å². The molecule has 4 rings (SSSR count). The quantitative estimate of drug-likeness (QED) is 0.938. The molecule has 1 fully saturated rings. The first-order chi connectivity index (χ1) is 11.7. The summed E-state index contributed by atoms with van der Waals surface area (Å²) in [6.07, 6.45) is 2.21. The Kier molecular flexibility index (Phi) is 3.72. The molecule has 0 aromatic heterocycles. The van der Waals surface area contributed by atoms with Crippen molar-refractivity contribution in [3.05, 3.63) is 47.8 Å². The van der Waals surface area contributed by atoms with Crippen molar-refractivity contribution >= 4 is 17.3 Å². The summed E-state index contributed by atoms with van der Waals surface area (Å²) in [5.41, 5.74) is 1.78. The van der Waals surface area contributed by atoms with Crippen molar-refractivity contribution in [1.82, 2.24) is 0 Å². The van der Waals surface area contributed by atoms with Crippen molar-refractivity contribution in [3.8, 4) is 11.5 Å². The Labute approximate surface area is 139 Å². The van der Waals surface area contributed by atoms with Crippen LogP contribution in [0.15, 0.2) is 36.4 Å². The molecule has 0 unspecified atom stereocenters. The summed E-state index contributed by atoms with van der Waals surface area (Å²) < 4.78 is 24.2. The van der Waals surface area contributed by atoms with Crippen LogP contribution in [0.4, 0.5) is 15.8 Å². The minimum absolute atomic E-state index is 0.156. The SMILES string of the molecule is O=C(Nc1cc(F)ccc1N1CCCC1)c1ccc2c(c1)OCO2. The van der Waals surface area contributed by atoms with E-state index in [4.69, 9.17) is 9.47 Å². The number of halogens is 1. The number of nitrogens with zero attached hydrogens (tertiary/aromatic N) is 1. The van der Waals surface area contributed by atoms with Crippen LogP contribution in [0.2, 0.25) is 0 Å². The number of carbonyl (C=O) groups is 1. The Morgan fingerprint density at radius 3 is 2.67 bits per heavy atom. The number of hydrogen-bond donors (Lipinski definition) is 1. The van der Waals surface area contributed by atoms with Crippen molar-refractivity contribution in [2.75, 3.05) is 30.1 Å². The number of ether oxygens (including phenoxy) is 2. The number of hydrogen-bond acceptors (Lipinski definition) is 4. The van der Waals surface area contributed by atoms with Gasteiger partial charge in [0.2, 0.25) is 6.79 Å². The first-order valence-corrected chi connectivity index (χ1v) is 7.96. The topological polar surface area (TPSA) is 50.8 Å². The third-order valence-electron chi connectivity index (χ3n) is 4.29. The largest absolute Gasteiger partial charge is 0.454 e. The van der Waals surface area contributed by atoms with E-state index in [1.807, 2.05) is 0 Å². The molecule has 6 heteroatoms. The normalized spacial score (nSPS) is 15.6. The molecule has 0 saturated carbocycles. The fourth-order valence-corrected chi connectivity index (χ4v) is 3.07. The molecule has 2 aliphatic heterocycles. The molecular weight excluding hydrogens is 311 g/mol. The lowest BCUT2D eigenvalue weighted by molar-refractivity contribution is 0.102. The molecule has 2 aromatic carbocycles. The number of fused-ring (bicyclic) bond motifs is 1. The van der Waals surface area contributed by atoms with Gasteiger partial charge in [0.1, 0.15) is 5.82 Å². The van der Waals surface area contributed by atoms with E-state index in [-0.39, 0.29) is 18.5 Å². The van der Waals surface area contributed by atoms with Gasteiger partial charge in [-0.05, 0) is 49.2 Å². The zero-order valence-corrected chi connectivity index (χ0v) is 13.0. The molecule has 5 nitrogen and oxygen atoms in total. The molecule has 1 saturated heterocycles. The fraction of sp³-hybridized carbons (Fsp3) is 0.278. The maximum Gasteiger partial charge on any atom is 0.255 e. The Bertz CT molecular complexity index is 788. The van der Waals surface area contributed by atoms with Crippen molar-refractivity contribution in [1.29, 1.82) is 0 Å². The standard InChI is InChI=1S/C18H17FN2O3/c19-13-4-5-15(21-7-1-2-8-21)14(10-13)20-18(22)12-3-6-16-17(9-12)24-11-23-16/h3-6,9-10H,1-2,7-8,11H2,(H,20,22). The highest BCUT2D eigenvalue weighted by atomic mass is 19.1. The number of rotatable bonds is 3. The molecule has 2 aromatic rings. The molecule has 124 valence electrons. The lowest BCUT2D eigenvalue weighted by Gasteiger charge is -2.21. The highest BCUT2D eigenvalue weighted by molar-refractivity contribution is 6.06. The summed E-state index contributed by atoms with van der Waals surface area (Å²) >= 11 is 0. The van der Waals surface area contributed by atoms with E-state index in [1.54, 1.807) is 24.3 Å². The third-order valence-corrected chi connectivity index (χ3v) is 4.29. The summed E-state index contributed by atoms with van der Waals surface area (Å²) in [5, 5.41) is 2.82. The lowest BCUT2D eigenvalue weighted by Crippen LogP contribution is -2.21. The molecule has 0 aliphatic carbocycles. The Morgan fingerprint density at radius 2 is 1.83 bits per heavy atom. The number of amides is 1. The van der Waals surface area contributed by atoms with E-state index >= 15 is 0 Å². The number of benzene rings is 2. The van der Waals surface area contributed by atoms with Gasteiger partial charge in [-0.25, -0.2) is 4.39 Å². The van der Waals surface area contributed by atoms with Crippen molar-refractivity contribution in [3.63, 3.8) is 0 Å². The average Bonchev–Trinajstić information content (AvgIpc) is 3.25.